The average molecular weight is 588 g/mol. The van der Waals surface area contributed by atoms with Crippen LogP contribution in [0.15, 0.2) is 77.7 Å². The average Bonchev–Trinajstić information content (AvgIpc) is 2.96. The zero-order valence-corrected chi connectivity index (χ0v) is 24.5. The van der Waals surface area contributed by atoms with Crippen LogP contribution >= 0.6 is 11.6 Å². The minimum absolute atomic E-state index is 0.0547. The number of rotatable bonds is 13. The first-order valence-corrected chi connectivity index (χ1v) is 14.6. The Bertz CT molecular complexity index is 1420. The zero-order chi connectivity index (χ0) is 29.3. The van der Waals surface area contributed by atoms with Gasteiger partial charge in [0.2, 0.25) is 11.8 Å². The summed E-state index contributed by atoms with van der Waals surface area (Å²) in [6, 6.07) is 18.6. The quantitative estimate of drug-likeness (QED) is 0.316. The van der Waals surface area contributed by atoms with Gasteiger partial charge in [-0.15, -0.1) is 0 Å². The summed E-state index contributed by atoms with van der Waals surface area (Å²) in [6.07, 6.45) is 0.728. The molecular formula is C29H34ClN3O6S. The van der Waals surface area contributed by atoms with Gasteiger partial charge in [-0.1, -0.05) is 48.9 Å². The molecular weight excluding hydrogens is 554 g/mol. The highest BCUT2D eigenvalue weighted by Crippen LogP contribution is 2.32. The summed E-state index contributed by atoms with van der Waals surface area (Å²) in [5.41, 5.74) is 0.987. The SMILES string of the molecule is CCCNC(=O)[C@H](C)N(Cc1cccc(Cl)c1)C(=O)CN(c1ccccc1)S(=O)(=O)c1ccc(OC)c(OC)c1. The number of hydrogen-bond acceptors (Lipinski definition) is 6. The van der Waals surface area contributed by atoms with Crippen LogP contribution in [0.2, 0.25) is 5.02 Å². The number of halogens is 1. The number of anilines is 1. The maximum absolute atomic E-state index is 14.0. The molecule has 0 radical (unpaired) electrons. The van der Waals surface area contributed by atoms with Crippen molar-refractivity contribution in [1.82, 2.24) is 10.2 Å². The normalized spacial score (nSPS) is 11.8. The number of nitrogens with one attached hydrogen (secondary N) is 1. The third-order valence-electron chi connectivity index (χ3n) is 6.22. The van der Waals surface area contributed by atoms with Crippen molar-refractivity contribution in [2.45, 2.75) is 37.8 Å². The van der Waals surface area contributed by atoms with Crippen molar-refractivity contribution >= 4 is 39.1 Å². The highest BCUT2D eigenvalue weighted by Gasteiger charge is 2.33. The third kappa shape index (κ3) is 7.45. The fourth-order valence-corrected chi connectivity index (χ4v) is 5.68. The van der Waals surface area contributed by atoms with Crippen molar-refractivity contribution in [2.24, 2.45) is 0 Å². The van der Waals surface area contributed by atoms with E-state index in [1.807, 2.05) is 6.92 Å². The molecule has 9 nitrogen and oxygen atoms in total. The number of carbonyl (C=O) groups excluding carboxylic acids is 2. The lowest BCUT2D eigenvalue weighted by molar-refractivity contribution is -0.139. The Balaban J connectivity index is 2.03. The number of nitrogens with zero attached hydrogens (tertiary/aromatic N) is 2. The first-order chi connectivity index (χ1) is 19.1. The molecule has 0 saturated carbocycles. The van der Waals surface area contributed by atoms with E-state index >= 15 is 0 Å². The second kappa shape index (κ2) is 14.0. The zero-order valence-electron chi connectivity index (χ0n) is 23.0. The van der Waals surface area contributed by atoms with E-state index in [9.17, 15) is 18.0 Å². The number of ether oxygens (including phenoxy) is 2. The summed E-state index contributed by atoms with van der Waals surface area (Å²) >= 11 is 6.17. The van der Waals surface area contributed by atoms with Crippen LogP contribution in [0.4, 0.5) is 5.69 Å². The molecule has 11 heteroatoms. The van der Waals surface area contributed by atoms with Gasteiger partial charge >= 0.3 is 0 Å². The molecule has 1 atom stereocenters. The molecule has 40 heavy (non-hydrogen) atoms. The van der Waals surface area contributed by atoms with Crippen LogP contribution in [0.1, 0.15) is 25.8 Å². The standard InChI is InChI=1S/C29H34ClN3O6S/c1-5-16-31-29(35)21(2)32(19-22-10-9-11-23(30)17-22)28(34)20-33(24-12-7-6-8-13-24)40(36,37)25-14-15-26(38-3)27(18-25)39-4/h6-15,17-18,21H,5,16,19-20H2,1-4H3,(H,31,35)/t21-/m0/s1. The molecule has 2 amide bonds. The number of sulfonamides is 1. The largest absolute Gasteiger partial charge is 0.493 e. The van der Waals surface area contributed by atoms with Gasteiger partial charge in [0, 0.05) is 24.2 Å². The van der Waals surface area contributed by atoms with E-state index in [0.717, 1.165) is 10.7 Å². The molecule has 0 aliphatic rings. The smallest absolute Gasteiger partial charge is 0.264 e. The maximum atomic E-state index is 14.0. The molecule has 3 aromatic rings. The second-order valence-electron chi connectivity index (χ2n) is 8.98. The second-order valence-corrected chi connectivity index (χ2v) is 11.3. The van der Waals surface area contributed by atoms with E-state index < -0.39 is 28.5 Å². The van der Waals surface area contributed by atoms with Crippen molar-refractivity contribution < 1.29 is 27.5 Å². The Morgan fingerprint density at radius 1 is 0.950 bits per heavy atom. The van der Waals surface area contributed by atoms with Crippen LogP contribution in [0.25, 0.3) is 0 Å². The van der Waals surface area contributed by atoms with Gasteiger partial charge in [-0.05, 0) is 55.3 Å². The van der Waals surface area contributed by atoms with Crippen LogP contribution in [-0.4, -0.2) is 58.5 Å². The van der Waals surface area contributed by atoms with Gasteiger partial charge in [0.15, 0.2) is 11.5 Å². The minimum Gasteiger partial charge on any atom is -0.493 e. The molecule has 0 bridgehead atoms. The lowest BCUT2D eigenvalue weighted by Gasteiger charge is -2.32. The molecule has 0 unspecified atom stereocenters. The maximum Gasteiger partial charge on any atom is 0.264 e. The molecule has 0 aliphatic carbocycles. The summed E-state index contributed by atoms with van der Waals surface area (Å²) in [5, 5.41) is 3.29. The number of amides is 2. The number of methoxy groups -OCH3 is 2. The van der Waals surface area contributed by atoms with Gasteiger partial charge < -0.3 is 19.7 Å². The summed E-state index contributed by atoms with van der Waals surface area (Å²) in [4.78, 5) is 28.1. The van der Waals surface area contributed by atoms with Gasteiger partial charge in [-0.25, -0.2) is 8.42 Å². The first-order valence-electron chi connectivity index (χ1n) is 12.7. The molecule has 0 fully saturated rings. The molecule has 1 N–H and O–H groups in total. The Morgan fingerprint density at radius 3 is 2.27 bits per heavy atom. The van der Waals surface area contributed by atoms with Gasteiger partial charge in [-0.3, -0.25) is 13.9 Å². The Hall–Kier alpha value is -3.76. The molecule has 3 rings (SSSR count). The van der Waals surface area contributed by atoms with E-state index in [2.05, 4.69) is 5.32 Å². The van der Waals surface area contributed by atoms with Gasteiger partial charge in [0.1, 0.15) is 12.6 Å². The lowest BCUT2D eigenvalue weighted by atomic mass is 10.1. The van der Waals surface area contributed by atoms with Crippen molar-refractivity contribution in [3.05, 3.63) is 83.4 Å². The molecule has 0 aliphatic heterocycles. The third-order valence-corrected chi connectivity index (χ3v) is 8.23. The first kappa shape index (κ1) is 30.8. The summed E-state index contributed by atoms with van der Waals surface area (Å²) < 4.78 is 39.5. The molecule has 0 spiro atoms. The minimum atomic E-state index is -4.25. The van der Waals surface area contributed by atoms with Gasteiger partial charge in [-0.2, -0.15) is 0 Å². The molecule has 214 valence electrons. The molecule has 3 aromatic carbocycles. The highest BCUT2D eigenvalue weighted by molar-refractivity contribution is 7.92. The Kier molecular flexibility index (Phi) is 10.8. The number of benzene rings is 3. The molecule has 0 aromatic heterocycles. The van der Waals surface area contributed by atoms with Crippen LogP contribution in [0.5, 0.6) is 11.5 Å². The van der Waals surface area contributed by atoms with E-state index in [1.165, 1.54) is 37.3 Å². The predicted octanol–water partition coefficient (Wildman–Crippen LogP) is 4.50. The van der Waals surface area contributed by atoms with Crippen molar-refractivity contribution in [2.75, 3.05) is 31.6 Å². The fourth-order valence-electron chi connectivity index (χ4n) is 4.04. The van der Waals surface area contributed by atoms with Crippen LogP contribution in [0, 0.1) is 0 Å². The van der Waals surface area contributed by atoms with Crippen LogP contribution in [0.3, 0.4) is 0 Å². The number of hydrogen-bond donors (Lipinski definition) is 1. The van der Waals surface area contributed by atoms with E-state index in [1.54, 1.807) is 61.5 Å². The Morgan fingerprint density at radius 2 is 1.65 bits per heavy atom. The van der Waals surface area contributed by atoms with E-state index in [-0.39, 0.29) is 28.8 Å². The van der Waals surface area contributed by atoms with Crippen molar-refractivity contribution in [3.63, 3.8) is 0 Å². The number of para-hydroxylation sites is 1. The fraction of sp³-hybridized carbons (Fsp3) is 0.310. The van der Waals surface area contributed by atoms with Crippen molar-refractivity contribution in [1.29, 1.82) is 0 Å². The van der Waals surface area contributed by atoms with Crippen LogP contribution < -0.4 is 19.1 Å². The highest BCUT2D eigenvalue weighted by atomic mass is 35.5. The van der Waals surface area contributed by atoms with Crippen LogP contribution in [-0.2, 0) is 26.2 Å². The molecule has 0 heterocycles. The summed E-state index contributed by atoms with van der Waals surface area (Å²) in [6.45, 7) is 3.50. The Labute approximate surface area is 240 Å². The summed E-state index contributed by atoms with van der Waals surface area (Å²) in [5.74, 6) is -0.312. The lowest BCUT2D eigenvalue weighted by Crippen LogP contribution is -2.51. The van der Waals surface area contributed by atoms with Crippen molar-refractivity contribution in [3.8, 4) is 11.5 Å². The monoisotopic (exact) mass is 587 g/mol. The van der Waals surface area contributed by atoms with Gasteiger partial charge in [0.25, 0.3) is 10.0 Å². The predicted molar refractivity (Wildman–Crippen MR) is 155 cm³/mol. The summed E-state index contributed by atoms with van der Waals surface area (Å²) in [7, 11) is -1.39. The van der Waals surface area contributed by atoms with E-state index in [0.29, 0.717) is 22.9 Å². The molecule has 0 saturated heterocycles. The van der Waals surface area contributed by atoms with Gasteiger partial charge in [0.05, 0.1) is 24.8 Å². The topological polar surface area (TPSA) is 105 Å². The number of carbonyl (C=O) groups is 2. The van der Waals surface area contributed by atoms with E-state index in [4.69, 9.17) is 21.1 Å².